The molecule has 0 saturated heterocycles. The molecule has 2 amide bonds. The van der Waals surface area contributed by atoms with Gasteiger partial charge in [0.1, 0.15) is 0 Å². The Labute approximate surface area is 93.0 Å². The first-order chi connectivity index (χ1) is 7.20. The molecule has 0 bridgehead atoms. The monoisotopic (exact) mass is 215 g/mol. The Hall–Kier alpha value is -0.770. The minimum absolute atomic E-state index is 0.0520. The van der Waals surface area contributed by atoms with E-state index in [0.717, 1.165) is 45.3 Å². The van der Waals surface area contributed by atoms with E-state index in [0.29, 0.717) is 5.92 Å². The molecule has 0 aliphatic carbocycles. The number of hydrogen-bond acceptors (Lipinski definition) is 2. The lowest BCUT2D eigenvalue weighted by Gasteiger charge is -2.09. The number of carbonyl (C=O) groups is 1. The van der Waals surface area contributed by atoms with Crippen LogP contribution in [0.15, 0.2) is 0 Å². The smallest absolute Gasteiger partial charge is 0.314 e. The van der Waals surface area contributed by atoms with Gasteiger partial charge in [-0.25, -0.2) is 4.79 Å². The maximum atomic E-state index is 11.2. The highest BCUT2D eigenvalue weighted by Crippen LogP contribution is 2.01. The van der Waals surface area contributed by atoms with Crippen LogP contribution >= 0.6 is 0 Å². The number of nitrogens with two attached hydrogens (primary N) is 1. The summed E-state index contributed by atoms with van der Waals surface area (Å²) in [6, 6.07) is -0.0520. The summed E-state index contributed by atoms with van der Waals surface area (Å²) in [5.74, 6) is 0.551. The molecule has 0 radical (unpaired) electrons. The highest BCUT2D eigenvalue weighted by Gasteiger charge is 2.00. The summed E-state index contributed by atoms with van der Waals surface area (Å²) in [6.45, 7) is 6.46. The van der Waals surface area contributed by atoms with Gasteiger partial charge < -0.3 is 16.4 Å². The van der Waals surface area contributed by atoms with Gasteiger partial charge in [-0.05, 0) is 31.7 Å². The fraction of sp³-hybridized carbons (Fsp3) is 0.909. The topological polar surface area (TPSA) is 67.2 Å². The second kappa shape index (κ2) is 9.77. The lowest BCUT2D eigenvalue weighted by Crippen LogP contribution is -2.36. The third-order valence-electron chi connectivity index (χ3n) is 2.38. The summed E-state index contributed by atoms with van der Waals surface area (Å²) in [7, 11) is 0. The fourth-order valence-corrected chi connectivity index (χ4v) is 1.21. The number of urea groups is 1. The largest absolute Gasteiger partial charge is 0.338 e. The molecule has 15 heavy (non-hydrogen) atoms. The highest BCUT2D eigenvalue weighted by molar-refractivity contribution is 5.73. The van der Waals surface area contributed by atoms with Crippen molar-refractivity contribution in [2.45, 2.75) is 39.5 Å². The molecule has 0 aliphatic heterocycles. The van der Waals surface area contributed by atoms with Crippen molar-refractivity contribution in [2.24, 2.45) is 11.7 Å². The predicted molar refractivity (Wildman–Crippen MR) is 63.8 cm³/mol. The fourth-order valence-electron chi connectivity index (χ4n) is 1.21. The van der Waals surface area contributed by atoms with Gasteiger partial charge in [0.25, 0.3) is 0 Å². The van der Waals surface area contributed by atoms with Crippen molar-refractivity contribution < 1.29 is 4.79 Å². The molecule has 0 heterocycles. The van der Waals surface area contributed by atoms with E-state index in [9.17, 15) is 4.79 Å². The molecular weight excluding hydrogens is 190 g/mol. The van der Waals surface area contributed by atoms with Crippen LogP contribution in [0.3, 0.4) is 0 Å². The summed E-state index contributed by atoms with van der Waals surface area (Å²) in [4.78, 5) is 11.2. The zero-order valence-corrected chi connectivity index (χ0v) is 10.0. The predicted octanol–water partition coefficient (Wildman–Crippen LogP) is 1.46. The molecule has 1 unspecified atom stereocenters. The number of carbonyl (C=O) groups excluding carboxylic acids is 1. The first-order valence-electron chi connectivity index (χ1n) is 5.92. The number of hydrogen-bond donors (Lipinski definition) is 3. The zero-order chi connectivity index (χ0) is 11.5. The van der Waals surface area contributed by atoms with Crippen LogP contribution < -0.4 is 16.4 Å². The van der Waals surface area contributed by atoms with E-state index in [1.54, 1.807) is 0 Å². The van der Waals surface area contributed by atoms with Crippen molar-refractivity contribution in [1.29, 1.82) is 0 Å². The van der Waals surface area contributed by atoms with Gasteiger partial charge in [-0.1, -0.05) is 20.3 Å². The molecule has 4 nitrogen and oxygen atoms in total. The summed E-state index contributed by atoms with van der Waals surface area (Å²) in [6.07, 6.45) is 4.22. The van der Waals surface area contributed by atoms with Gasteiger partial charge in [0.15, 0.2) is 0 Å². The molecule has 4 heteroatoms. The van der Waals surface area contributed by atoms with Crippen LogP contribution in [0.1, 0.15) is 39.5 Å². The van der Waals surface area contributed by atoms with Gasteiger partial charge >= 0.3 is 6.03 Å². The first-order valence-corrected chi connectivity index (χ1v) is 5.92. The molecule has 0 aromatic carbocycles. The van der Waals surface area contributed by atoms with E-state index in [1.807, 2.05) is 0 Å². The molecule has 0 saturated carbocycles. The molecule has 0 aromatic heterocycles. The van der Waals surface area contributed by atoms with E-state index in [1.165, 1.54) is 0 Å². The van der Waals surface area contributed by atoms with Gasteiger partial charge in [0, 0.05) is 13.1 Å². The van der Waals surface area contributed by atoms with Crippen LogP contribution in [0.25, 0.3) is 0 Å². The van der Waals surface area contributed by atoms with E-state index in [4.69, 9.17) is 5.73 Å². The van der Waals surface area contributed by atoms with E-state index < -0.39 is 0 Å². The van der Waals surface area contributed by atoms with Crippen molar-refractivity contribution >= 4 is 6.03 Å². The Morgan fingerprint density at radius 2 is 1.87 bits per heavy atom. The van der Waals surface area contributed by atoms with Crippen molar-refractivity contribution in [3.05, 3.63) is 0 Å². The lowest BCUT2D eigenvalue weighted by molar-refractivity contribution is 0.240. The minimum Gasteiger partial charge on any atom is -0.338 e. The van der Waals surface area contributed by atoms with Crippen LogP contribution in [-0.4, -0.2) is 25.7 Å². The third-order valence-corrected chi connectivity index (χ3v) is 2.38. The Bertz CT molecular complexity index is 162. The normalized spacial score (nSPS) is 12.2. The summed E-state index contributed by atoms with van der Waals surface area (Å²) in [5, 5.41) is 5.64. The first kappa shape index (κ1) is 14.2. The van der Waals surface area contributed by atoms with Crippen LogP contribution in [0.5, 0.6) is 0 Å². The number of amides is 2. The van der Waals surface area contributed by atoms with Gasteiger partial charge in [-0.2, -0.15) is 0 Å². The van der Waals surface area contributed by atoms with Crippen LogP contribution in [-0.2, 0) is 0 Å². The lowest BCUT2D eigenvalue weighted by atomic mass is 10.1. The van der Waals surface area contributed by atoms with E-state index in [2.05, 4.69) is 24.5 Å². The van der Waals surface area contributed by atoms with Crippen molar-refractivity contribution in [2.75, 3.05) is 19.6 Å². The molecule has 0 rings (SSSR count). The van der Waals surface area contributed by atoms with Gasteiger partial charge in [-0.3, -0.25) is 0 Å². The van der Waals surface area contributed by atoms with Gasteiger partial charge in [0.2, 0.25) is 0 Å². The zero-order valence-electron chi connectivity index (χ0n) is 10.0. The highest BCUT2D eigenvalue weighted by atomic mass is 16.2. The molecule has 4 N–H and O–H groups in total. The van der Waals surface area contributed by atoms with Crippen molar-refractivity contribution in [3.63, 3.8) is 0 Å². The van der Waals surface area contributed by atoms with E-state index in [-0.39, 0.29) is 6.03 Å². The quantitative estimate of drug-likeness (QED) is 0.537. The average Bonchev–Trinajstić information content (AvgIpc) is 2.24. The standard InChI is InChI=1S/C11H25N3O/c1-3-4-7-13-11(15)14-8-5-6-10(2)9-12/h10H,3-9,12H2,1-2H3,(H2,13,14,15). The molecule has 0 aromatic rings. The van der Waals surface area contributed by atoms with Crippen molar-refractivity contribution in [3.8, 4) is 0 Å². The SMILES string of the molecule is CCCCNC(=O)NCCCC(C)CN. The van der Waals surface area contributed by atoms with Crippen LogP contribution in [0.2, 0.25) is 0 Å². The van der Waals surface area contributed by atoms with Gasteiger partial charge in [0.05, 0.1) is 0 Å². The minimum atomic E-state index is -0.0520. The summed E-state index contributed by atoms with van der Waals surface area (Å²) in [5.41, 5.74) is 5.50. The Kier molecular flexibility index (Phi) is 9.27. The molecular formula is C11H25N3O. The maximum Gasteiger partial charge on any atom is 0.314 e. The van der Waals surface area contributed by atoms with E-state index >= 15 is 0 Å². The number of unbranched alkanes of at least 4 members (excludes halogenated alkanes) is 1. The average molecular weight is 215 g/mol. The Morgan fingerprint density at radius 3 is 2.40 bits per heavy atom. The molecule has 1 atom stereocenters. The molecule has 0 fully saturated rings. The summed E-state index contributed by atoms with van der Waals surface area (Å²) >= 11 is 0. The molecule has 90 valence electrons. The molecule has 0 spiro atoms. The van der Waals surface area contributed by atoms with Crippen LogP contribution in [0.4, 0.5) is 4.79 Å². The third kappa shape index (κ3) is 9.53. The Morgan fingerprint density at radius 1 is 1.27 bits per heavy atom. The Balaban J connectivity index is 3.23. The van der Waals surface area contributed by atoms with Gasteiger partial charge in [-0.15, -0.1) is 0 Å². The van der Waals surface area contributed by atoms with Crippen LogP contribution in [0, 0.1) is 5.92 Å². The second-order valence-corrected chi connectivity index (χ2v) is 4.02. The summed E-state index contributed by atoms with van der Waals surface area (Å²) < 4.78 is 0. The van der Waals surface area contributed by atoms with Crippen molar-refractivity contribution in [1.82, 2.24) is 10.6 Å². The number of nitrogens with one attached hydrogen (secondary N) is 2. The number of rotatable bonds is 8. The molecule has 0 aliphatic rings. The maximum absolute atomic E-state index is 11.2. The second-order valence-electron chi connectivity index (χ2n) is 4.02.